The predicted molar refractivity (Wildman–Crippen MR) is 119 cm³/mol. The van der Waals surface area contributed by atoms with Crippen molar-refractivity contribution < 1.29 is 4.79 Å². The molecule has 3 aromatic carbocycles. The van der Waals surface area contributed by atoms with Gasteiger partial charge in [0, 0.05) is 25.3 Å². The maximum Gasteiger partial charge on any atom is 0.262 e. The fourth-order valence-electron chi connectivity index (χ4n) is 3.14. The van der Waals surface area contributed by atoms with Crippen molar-refractivity contribution in [2.24, 2.45) is 0 Å². The number of amides is 1. The van der Waals surface area contributed by atoms with Crippen LogP contribution >= 0.6 is 11.6 Å². The molecule has 0 unspecified atom stereocenters. The number of anilines is 3. The Morgan fingerprint density at radius 3 is 2.21 bits per heavy atom. The lowest BCUT2D eigenvalue weighted by atomic mass is 10.1. The molecule has 3 aromatic rings. The zero-order valence-corrected chi connectivity index (χ0v) is 17.3. The first-order valence-electron chi connectivity index (χ1n) is 9.46. The number of halogens is 1. The standard InChI is InChI=1S/C24H25ClN2O/c1-4-8-18-13-15-19(16-14-18)24(28)27(23-12-6-5-11-22(23)25)21-10-7-9-20(17-21)26(2)3/h5-7,9-17H,4,8H2,1-3H3. The third-order valence-corrected chi connectivity index (χ3v) is 4.96. The fourth-order valence-corrected chi connectivity index (χ4v) is 3.36. The van der Waals surface area contributed by atoms with Gasteiger partial charge in [-0.2, -0.15) is 0 Å². The van der Waals surface area contributed by atoms with Crippen molar-refractivity contribution in [2.45, 2.75) is 19.8 Å². The number of hydrogen-bond donors (Lipinski definition) is 0. The van der Waals surface area contributed by atoms with E-state index >= 15 is 0 Å². The van der Waals surface area contributed by atoms with Gasteiger partial charge in [0.25, 0.3) is 5.91 Å². The number of hydrogen-bond acceptors (Lipinski definition) is 2. The molecular weight excluding hydrogens is 368 g/mol. The second-order valence-corrected chi connectivity index (χ2v) is 7.36. The summed E-state index contributed by atoms with van der Waals surface area (Å²) in [5.74, 6) is -0.105. The maximum absolute atomic E-state index is 13.5. The SMILES string of the molecule is CCCc1ccc(C(=O)N(c2cccc(N(C)C)c2)c2ccccc2Cl)cc1. The largest absolute Gasteiger partial charge is 0.378 e. The van der Waals surface area contributed by atoms with Gasteiger partial charge in [-0.1, -0.05) is 55.3 Å². The number of benzene rings is 3. The third-order valence-electron chi connectivity index (χ3n) is 4.64. The quantitative estimate of drug-likeness (QED) is 0.488. The first-order valence-corrected chi connectivity index (χ1v) is 9.84. The smallest absolute Gasteiger partial charge is 0.262 e. The lowest BCUT2D eigenvalue weighted by molar-refractivity contribution is 0.0999. The van der Waals surface area contributed by atoms with Gasteiger partial charge < -0.3 is 4.90 Å². The zero-order valence-electron chi connectivity index (χ0n) is 16.5. The van der Waals surface area contributed by atoms with Gasteiger partial charge in [0.1, 0.15) is 0 Å². The van der Waals surface area contributed by atoms with Gasteiger partial charge in [0.15, 0.2) is 0 Å². The van der Waals surface area contributed by atoms with Crippen molar-refractivity contribution in [1.29, 1.82) is 0 Å². The van der Waals surface area contributed by atoms with Crippen LogP contribution in [0.15, 0.2) is 72.8 Å². The summed E-state index contributed by atoms with van der Waals surface area (Å²) in [4.78, 5) is 17.2. The molecule has 3 nitrogen and oxygen atoms in total. The van der Waals surface area contributed by atoms with Crippen LogP contribution in [0.1, 0.15) is 29.3 Å². The predicted octanol–water partition coefficient (Wildman–Crippen LogP) is 6.34. The minimum absolute atomic E-state index is 0.105. The number of carbonyl (C=O) groups is 1. The van der Waals surface area contributed by atoms with Crippen LogP contribution in [0.3, 0.4) is 0 Å². The molecule has 0 spiro atoms. The Bertz CT molecular complexity index is 951. The Kier molecular flexibility index (Phi) is 6.37. The minimum atomic E-state index is -0.105. The summed E-state index contributed by atoms with van der Waals surface area (Å²) in [6.07, 6.45) is 2.09. The van der Waals surface area contributed by atoms with Crippen LogP contribution in [0.2, 0.25) is 5.02 Å². The summed E-state index contributed by atoms with van der Waals surface area (Å²) in [5.41, 5.74) is 4.33. The summed E-state index contributed by atoms with van der Waals surface area (Å²) in [6, 6.07) is 23.2. The van der Waals surface area contributed by atoms with Crippen LogP contribution in [0.25, 0.3) is 0 Å². The van der Waals surface area contributed by atoms with E-state index in [1.165, 1.54) is 5.56 Å². The molecule has 0 atom stereocenters. The molecule has 0 aliphatic heterocycles. The van der Waals surface area contributed by atoms with E-state index in [1.807, 2.05) is 85.7 Å². The number of aryl methyl sites for hydroxylation is 1. The first kappa shape index (κ1) is 20.0. The molecule has 3 rings (SSSR count). The van der Waals surface area contributed by atoms with Crippen LogP contribution < -0.4 is 9.80 Å². The molecule has 0 saturated carbocycles. The summed E-state index contributed by atoms with van der Waals surface area (Å²) in [5, 5.41) is 0.536. The lowest BCUT2D eigenvalue weighted by Gasteiger charge is -2.25. The lowest BCUT2D eigenvalue weighted by Crippen LogP contribution is -2.26. The van der Waals surface area contributed by atoms with Crippen LogP contribution in [0.5, 0.6) is 0 Å². The van der Waals surface area contributed by atoms with Crippen molar-refractivity contribution in [3.05, 3.63) is 88.9 Å². The van der Waals surface area contributed by atoms with E-state index in [2.05, 4.69) is 6.92 Å². The van der Waals surface area contributed by atoms with Gasteiger partial charge in [0.05, 0.1) is 16.4 Å². The number of nitrogens with zero attached hydrogens (tertiary/aromatic N) is 2. The summed E-state index contributed by atoms with van der Waals surface area (Å²) in [7, 11) is 3.96. The molecule has 4 heteroatoms. The highest BCUT2D eigenvalue weighted by atomic mass is 35.5. The molecule has 0 fully saturated rings. The number of rotatable bonds is 6. The van der Waals surface area contributed by atoms with E-state index in [-0.39, 0.29) is 5.91 Å². The van der Waals surface area contributed by atoms with E-state index in [9.17, 15) is 4.79 Å². The van der Waals surface area contributed by atoms with Crippen molar-refractivity contribution >= 4 is 34.6 Å². The Labute approximate surface area is 172 Å². The highest BCUT2D eigenvalue weighted by Crippen LogP contribution is 2.34. The zero-order chi connectivity index (χ0) is 20.1. The van der Waals surface area contributed by atoms with E-state index in [0.717, 1.165) is 24.2 Å². The van der Waals surface area contributed by atoms with Crippen LogP contribution in [-0.2, 0) is 6.42 Å². The molecular formula is C24H25ClN2O. The second-order valence-electron chi connectivity index (χ2n) is 6.95. The Balaban J connectivity index is 2.07. The number of para-hydroxylation sites is 1. The van der Waals surface area contributed by atoms with Crippen molar-refractivity contribution in [2.75, 3.05) is 23.9 Å². The maximum atomic E-state index is 13.5. The Morgan fingerprint density at radius 1 is 0.893 bits per heavy atom. The van der Waals surface area contributed by atoms with E-state index in [1.54, 1.807) is 11.0 Å². The Hall–Kier alpha value is -2.78. The van der Waals surface area contributed by atoms with Gasteiger partial charge in [-0.05, 0) is 54.4 Å². The molecule has 0 bridgehead atoms. The molecule has 0 heterocycles. The summed E-state index contributed by atoms with van der Waals surface area (Å²) in [6.45, 7) is 2.15. The van der Waals surface area contributed by atoms with Crippen molar-refractivity contribution in [3.8, 4) is 0 Å². The molecule has 0 saturated heterocycles. The van der Waals surface area contributed by atoms with Gasteiger partial charge >= 0.3 is 0 Å². The average Bonchev–Trinajstić information content (AvgIpc) is 2.70. The van der Waals surface area contributed by atoms with Gasteiger partial charge in [-0.25, -0.2) is 0 Å². The summed E-state index contributed by atoms with van der Waals surface area (Å²) < 4.78 is 0. The van der Waals surface area contributed by atoms with Gasteiger partial charge in [0.2, 0.25) is 0 Å². The molecule has 144 valence electrons. The molecule has 1 amide bonds. The van der Waals surface area contributed by atoms with Crippen molar-refractivity contribution in [3.63, 3.8) is 0 Å². The monoisotopic (exact) mass is 392 g/mol. The highest BCUT2D eigenvalue weighted by molar-refractivity contribution is 6.34. The average molecular weight is 393 g/mol. The molecule has 0 aliphatic carbocycles. The van der Waals surface area contributed by atoms with E-state index < -0.39 is 0 Å². The molecule has 0 aliphatic rings. The topological polar surface area (TPSA) is 23.6 Å². The molecule has 0 N–H and O–H groups in total. The highest BCUT2D eigenvalue weighted by Gasteiger charge is 2.22. The van der Waals surface area contributed by atoms with E-state index in [0.29, 0.717) is 16.3 Å². The molecule has 0 aromatic heterocycles. The molecule has 28 heavy (non-hydrogen) atoms. The Morgan fingerprint density at radius 2 is 1.57 bits per heavy atom. The van der Waals surface area contributed by atoms with Crippen LogP contribution in [0.4, 0.5) is 17.1 Å². The molecule has 0 radical (unpaired) electrons. The normalized spacial score (nSPS) is 10.6. The first-order chi connectivity index (χ1) is 13.5. The van der Waals surface area contributed by atoms with Crippen molar-refractivity contribution in [1.82, 2.24) is 0 Å². The van der Waals surface area contributed by atoms with E-state index in [4.69, 9.17) is 11.6 Å². The second kappa shape index (κ2) is 8.94. The van der Waals surface area contributed by atoms with Crippen LogP contribution in [-0.4, -0.2) is 20.0 Å². The van der Waals surface area contributed by atoms with Gasteiger partial charge in [-0.3, -0.25) is 9.69 Å². The fraction of sp³-hybridized carbons (Fsp3) is 0.208. The third kappa shape index (κ3) is 4.37. The number of carbonyl (C=O) groups excluding carboxylic acids is 1. The van der Waals surface area contributed by atoms with Crippen LogP contribution in [0, 0.1) is 0 Å². The summed E-state index contributed by atoms with van der Waals surface area (Å²) >= 11 is 6.46. The van der Waals surface area contributed by atoms with Gasteiger partial charge in [-0.15, -0.1) is 0 Å². The minimum Gasteiger partial charge on any atom is -0.378 e.